The van der Waals surface area contributed by atoms with Gasteiger partial charge in [-0.2, -0.15) is 0 Å². The minimum atomic E-state index is -0.662. The summed E-state index contributed by atoms with van der Waals surface area (Å²) in [5.74, 6) is 0.344. The fourth-order valence-corrected chi connectivity index (χ4v) is 3.09. The molecule has 2 N–H and O–H groups in total. The van der Waals surface area contributed by atoms with Crippen LogP contribution in [0.2, 0.25) is 0 Å². The number of hydrogen-bond acceptors (Lipinski definition) is 3. The summed E-state index contributed by atoms with van der Waals surface area (Å²) in [6.45, 7) is 12.9. The zero-order valence-electron chi connectivity index (χ0n) is 12.7. The zero-order chi connectivity index (χ0) is 14.0. The van der Waals surface area contributed by atoms with Crippen LogP contribution in [0.1, 0.15) is 53.9 Å². The summed E-state index contributed by atoms with van der Waals surface area (Å²) in [6, 6.07) is 0. The van der Waals surface area contributed by atoms with Gasteiger partial charge in [0, 0.05) is 13.1 Å². The minimum Gasteiger partial charge on any atom is -0.393 e. The third-order valence-corrected chi connectivity index (χ3v) is 4.03. The summed E-state index contributed by atoms with van der Waals surface area (Å²) in [4.78, 5) is 2.26. The van der Waals surface area contributed by atoms with Crippen LogP contribution < -0.4 is 0 Å². The van der Waals surface area contributed by atoms with Crippen molar-refractivity contribution in [2.75, 3.05) is 19.6 Å². The van der Waals surface area contributed by atoms with Crippen LogP contribution in [0.15, 0.2) is 0 Å². The molecule has 1 aliphatic carbocycles. The van der Waals surface area contributed by atoms with Crippen LogP contribution in [-0.4, -0.2) is 46.5 Å². The molecular weight excluding hydrogens is 226 g/mol. The van der Waals surface area contributed by atoms with Crippen molar-refractivity contribution in [1.29, 1.82) is 0 Å². The van der Waals surface area contributed by atoms with Crippen LogP contribution in [0, 0.1) is 11.3 Å². The molecule has 0 amide bonds. The van der Waals surface area contributed by atoms with Crippen LogP contribution in [0.4, 0.5) is 0 Å². The predicted molar refractivity (Wildman–Crippen MR) is 75.5 cm³/mol. The van der Waals surface area contributed by atoms with E-state index in [4.69, 9.17) is 0 Å². The number of likely N-dealkylation sites (N-methyl/N-ethyl adjacent to an activating group) is 1. The highest BCUT2D eigenvalue weighted by Crippen LogP contribution is 2.39. The van der Waals surface area contributed by atoms with E-state index in [1.54, 1.807) is 0 Å². The number of nitrogens with zero attached hydrogens (tertiary/aromatic N) is 1. The summed E-state index contributed by atoms with van der Waals surface area (Å²) < 4.78 is 0. The SMILES string of the molecule is CCN(CC1CC(C)(C)CCC1O)CC(C)(C)O. The standard InChI is InChI=1S/C15H31NO2/c1-6-16(11-15(4,5)18)10-12-9-14(2,3)8-7-13(12)17/h12-13,17-18H,6-11H2,1-5H3. The Morgan fingerprint density at radius 2 is 1.94 bits per heavy atom. The fourth-order valence-electron chi connectivity index (χ4n) is 3.09. The Labute approximate surface area is 112 Å². The monoisotopic (exact) mass is 257 g/mol. The highest BCUT2D eigenvalue weighted by atomic mass is 16.3. The van der Waals surface area contributed by atoms with E-state index in [0.29, 0.717) is 17.9 Å². The van der Waals surface area contributed by atoms with Crippen LogP contribution in [-0.2, 0) is 0 Å². The second-order valence-corrected chi connectivity index (χ2v) is 7.37. The highest BCUT2D eigenvalue weighted by Gasteiger charge is 2.35. The molecule has 3 heteroatoms. The molecule has 0 aromatic carbocycles. The number of aliphatic hydroxyl groups is 2. The molecule has 1 aliphatic rings. The lowest BCUT2D eigenvalue weighted by atomic mass is 9.70. The van der Waals surface area contributed by atoms with Gasteiger partial charge in [0.25, 0.3) is 0 Å². The van der Waals surface area contributed by atoms with Gasteiger partial charge in [-0.15, -0.1) is 0 Å². The van der Waals surface area contributed by atoms with E-state index in [0.717, 1.165) is 32.4 Å². The van der Waals surface area contributed by atoms with Gasteiger partial charge in [0.2, 0.25) is 0 Å². The van der Waals surface area contributed by atoms with Crippen molar-refractivity contribution in [2.24, 2.45) is 11.3 Å². The summed E-state index contributed by atoms with van der Waals surface area (Å²) >= 11 is 0. The average Bonchev–Trinajstić information content (AvgIpc) is 2.20. The second-order valence-electron chi connectivity index (χ2n) is 7.37. The van der Waals surface area contributed by atoms with Gasteiger partial charge in [0.1, 0.15) is 0 Å². The molecule has 18 heavy (non-hydrogen) atoms. The number of aliphatic hydroxyl groups excluding tert-OH is 1. The Hall–Kier alpha value is -0.120. The molecule has 1 fully saturated rings. The quantitative estimate of drug-likeness (QED) is 0.794. The molecule has 0 aromatic rings. The summed E-state index contributed by atoms with van der Waals surface area (Å²) in [5.41, 5.74) is -0.316. The molecule has 3 nitrogen and oxygen atoms in total. The molecular formula is C15H31NO2. The van der Waals surface area contributed by atoms with Gasteiger partial charge in [-0.1, -0.05) is 20.8 Å². The van der Waals surface area contributed by atoms with Crippen molar-refractivity contribution >= 4 is 0 Å². The van der Waals surface area contributed by atoms with Crippen molar-refractivity contribution in [3.05, 3.63) is 0 Å². The molecule has 0 bridgehead atoms. The molecule has 2 unspecified atom stereocenters. The summed E-state index contributed by atoms with van der Waals surface area (Å²) in [7, 11) is 0. The van der Waals surface area contributed by atoms with Crippen LogP contribution in [0.3, 0.4) is 0 Å². The van der Waals surface area contributed by atoms with Gasteiger partial charge in [0.05, 0.1) is 11.7 Å². The van der Waals surface area contributed by atoms with E-state index in [-0.39, 0.29) is 6.10 Å². The van der Waals surface area contributed by atoms with Crippen molar-refractivity contribution in [3.63, 3.8) is 0 Å². The molecule has 0 radical (unpaired) electrons. The van der Waals surface area contributed by atoms with Gasteiger partial charge in [0.15, 0.2) is 0 Å². The minimum absolute atomic E-state index is 0.172. The zero-order valence-corrected chi connectivity index (χ0v) is 12.7. The first-order valence-corrected chi connectivity index (χ1v) is 7.26. The molecule has 0 spiro atoms. The smallest absolute Gasteiger partial charge is 0.0718 e. The first-order valence-electron chi connectivity index (χ1n) is 7.26. The molecule has 0 aliphatic heterocycles. The first-order chi connectivity index (χ1) is 8.13. The molecule has 1 rings (SSSR count). The lowest BCUT2D eigenvalue weighted by Gasteiger charge is -2.41. The molecule has 1 saturated carbocycles. The van der Waals surface area contributed by atoms with Crippen LogP contribution in [0.25, 0.3) is 0 Å². The molecule has 0 heterocycles. The summed E-state index contributed by atoms with van der Waals surface area (Å²) in [6.07, 6.45) is 2.94. The largest absolute Gasteiger partial charge is 0.393 e. The maximum absolute atomic E-state index is 10.2. The van der Waals surface area contributed by atoms with Crippen molar-refractivity contribution in [3.8, 4) is 0 Å². The van der Waals surface area contributed by atoms with E-state index in [9.17, 15) is 10.2 Å². The fraction of sp³-hybridized carbons (Fsp3) is 1.00. The van der Waals surface area contributed by atoms with Crippen molar-refractivity contribution < 1.29 is 10.2 Å². The van der Waals surface area contributed by atoms with Crippen molar-refractivity contribution in [1.82, 2.24) is 4.90 Å². The van der Waals surface area contributed by atoms with Gasteiger partial charge < -0.3 is 15.1 Å². The third kappa shape index (κ3) is 5.25. The normalized spacial score (nSPS) is 28.7. The second kappa shape index (κ2) is 5.89. The van der Waals surface area contributed by atoms with Crippen molar-refractivity contribution in [2.45, 2.75) is 65.6 Å². The van der Waals surface area contributed by atoms with Gasteiger partial charge >= 0.3 is 0 Å². The maximum atomic E-state index is 10.2. The molecule has 108 valence electrons. The topological polar surface area (TPSA) is 43.7 Å². The van der Waals surface area contributed by atoms with Crippen LogP contribution in [0.5, 0.6) is 0 Å². The lowest BCUT2D eigenvalue weighted by Crippen LogP contribution is -2.45. The lowest BCUT2D eigenvalue weighted by molar-refractivity contribution is -0.0147. The van der Waals surface area contributed by atoms with Gasteiger partial charge in [-0.25, -0.2) is 0 Å². The van der Waals surface area contributed by atoms with E-state index in [2.05, 4.69) is 25.7 Å². The maximum Gasteiger partial charge on any atom is 0.0718 e. The van der Waals surface area contributed by atoms with E-state index in [1.807, 2.05) is 13.8 Å². The summed E-state index contributed by atoms with van der Waals surface area (Å²) in [5, 5.41) is 20.1. The number of rotatable bonds is 5. The first kappa shape index (κ1) is 15.9. The molecule has 2 atom stereocenters. The predicted octanol–water partition coefficient (Wildman–Crippen LogP) is 2.27. The Morgan fingerprint density at radius 1 is 1.33 bits per heavy atom. The Bertz CT molecular complexity index is 258. The Balaban J connectivity index is 2.57. The third-order valence-electron chi connectivity index (χ3n) is 4.03. The van der Waals surface area contributed by atoms with Gasteiger partial charge in [-0.3, -0.25) is 0 Å². The number of hydrogen-bond donors (Lipinski definition) is 2. The Morgan fingerprint density at radius 3 is 2.44 bits per heavy atom. The molecule has 0 saturated heterocycles. The molecule has 0 aromatic heterocycles. The highest BCUT2D eigenvalue weighted by molar-refractivity contribution is 4.87. The van der Waals surface area contributed by atoms with E-state index < -0.39 is 5.60 Å². The average molecular weight is 257 g/mol. The Kier molecular flexibility index (Phi) is 5.22. The van der Waals surface area contributed by atoms with Crippen LogP contribution >= 0.6 is 0 Å². The van der Waals surface area contributed by atoms with E-state index >= 15 is 0 Å². The van der Waals surface area contributed by atoms with E-state index in [1.165, 1.54) is 0 Å². The van der Waals surface area contributed by atoms with Gasteiger partial charge in [-0.05, 0) is 51.0 Å².